The van der Waals surface area contributed by atoms with Crippen molar-refractivity contribution < 1.29 is 67.3 Å². The third-order valence-electron chi connectivity index (χ3n) is 15.3. The van der Waals surface area contributed by atoms with Gasteiger partial charge in [-0.1, -0.05) is 51.5 Å². The van der Waals surface area contributed by atoms with E-state index in [1.165, 1.54) is 19.1 Å². The molecule has 2 aromatic rings. The van der Waals surface area contributed by atoms with Crippen LogP contribution in [-0.2, 0) is 47.6 Å². The predicted molar refractivity (Wildman–Crippen MR) is 253 cm³/mol. The molecule has 13 unspecified atom stereocenters. The number of hydrogen-bond acceptors (Lipinski definition) is 14. The number of methoxy groups -OCH3 is 3. The Morgan fingerprint density at radius 1 is 0.971 bits per heavy atom. The van der Waals surface area contributed by atoms with Gasteiger partial charge in [-0.2, -0.15) is 0 Å². The number of aliphatic hydroxyl groups is 3. The fraction of sp³-hybridized carbons (Fsp3) is 0.698. The van der Waals surface area contributed by atoms with Crippen LogP contribution in [0.1, 0.15) is 130 Å². The first-order valence-corrected chi connectivity index (χ1v) is 24.8. The topological polar surface area (TPSA) is 201 Å². The fourth-order valence-electron chi connectivity index (χ4n) is 11.1. The second-order valence-corrected chi connectivity index (χ2v) is 20.2. The van der Waals surface area contributed by atoms with E-state index in [0.29, 0.717) is 69.8 Å². The Labute approximate surface area is 401 Å². The van der Waals surface area contributed by atoms with Crippen LogP contribution in [0.5, 0.6) is 0 Å². The first-order chi connectivity index (χ1) is 32.4. The molecule has 3 aliphatic heterocycles. The molecule has 1 saturated carbocycles. The molecular formula is C53H77NO14. The summed E-state index contributed by atoms with van der Waals surface area (Å²) in [5.41, 5.74) is 3.08. The van der Waals surface area contributed by atoms with Crippen molar-refractivity contribution in [2.45, 2.75) is 173 Å². The number of fused-ring (bicyclic) bond motifs is 4. The number of piperidine rings is 1. The number of rotatable bonds is 10. The van der Waals surface area contributed by atoms with Gasteiger partial charge in [-0.3, -0.25) is 14.4 Å². The van der Waals surface area contributed by atoms with Gasteiger partial charge in [0.1, 0.15) is 35.7 Å². The van der Waals surface area contributed by atoms with Crippen LogP contribution in [-0.4, -0.2) is 126 Å². The zero-order chi connectivity index (χ0) is 49.5. The minimum atomic E-state index is -2.53. The largest absolute Gasteiger partial charge is 0.464 e. The molecule has 6 rings (SSSR count). The van der Waals surface area contributed by atoms with Crippen molar-refractivity contribution in [3.63, 3.8) is 0 Å². The van der Waals surface area contributed by atoms with Crippen molar-refractivity contribution in [3.8, 4) is 0 Å². The molecule has 68 heavy (non-hydrogen) atoms. The van der Waals surface area contributed by atoms with Crippen LogP contribution in [0.3, 0.4) is 0 Å². The number of hydrogen-bond donors (Lipinski definition) is 3. The number of Topliss-reactive ketones (excluding diaryl/α,β-unsaturated/α-hetero) is 2. The Bertz CT molecular complexity index is 2110. The van der Waals surface area contributed by atoms with Crippen LogP contribution < -0.4 is 0 Å². The van der Waals surface area contributed by atoms with Crippen molar-refractivity contribution in [1.29, 1.82) is 0 Å². The van der Waals surface area contributed by atoms with Crippen molar-refractivity contribution in [2.24, 2.45) is 29.6 Å². The van der Waals surface area contributed by atoms with E-state index in [0.717, 1.165) is 22.1 Å². The summed E-state index contributed by atoms with van der Waals surface area (Å²) in [6.45, 7) is 11.3. The van der Waals surface area contributed by atoms with Crippen LogP contribution in [0.2, 0.25) is 0 Å². The number of esters is 1. The van der Waals surface area contributed by atoms with E-state index >= 15 is 0 Å². The average molecular weight is 952 g/mol. The van der Waals surface area contributed by atoms with Gasteiger partial charge in [0.05, 0.1) is 31.2 Å². The van der Waals surface area contributed by atoms with E-state index in [1.54, 1.807) is 27.2 Å². The van der Waals surface area contributed by atoms with E-state index in [-0.39, 0.29) is 55.8 Å². The first kappa shape index (κ1) is 53.5. The third-order valence-corrected chi connectivity index (χ3v) is 15.3. The maximum absolute atomic E-state index is 14.5. The molecule has 15 heteroatoms. The maximum Gasteiger partial charge on any atom is 0.329 e. The molecule has 1 aliphatic carbocycles. The molecule has 0 spiro atoms. The molecule has 0 radical (unpaired) electrons. The lowest BCUT2D eigenvalue weighted by atomic mass is 9.81. The van der Waals surface area contributed by atoms with Gasteiger partial charge in [0.2, 0.25) is 5.79 Å². The number of aliphatic hydroxyl groups excluding tert-OH is 2. The maximum atomic E-state index is 14.5. The minimum Gasteiger partial charge on any atom is -0.464 e. The molecule has 4 aliphatic rings. The number of benzene rings is 1. The third kappa shape index (κ3) is 12.0. The summed E-state index contributed by atoms with van der Waals surface area (Å²) in [7, 11) is 4.59. The van der Waals surface area contributed by atoms with Crippen LogP contribution in [0, 0.1) is 29.6 Å². The second kappa shape index (κ2) is 23.4. The molecule has 3 N–H and O–H groups in total. The summed E-state index contributed by atoms with van der Waals surface area (Å²) in [5.74, 6) is -9.12. The standard InChI is InChI=1S/C53H77NO14/c1-10-37-24-31(2)23-32(3)29-52(63-8,64-9)47-19-14-34(5)53(61,68-47)49(58)50(59)54-21-12-11-13-40(54)51(60)67-48(35(6)41(55)28-42(37)56)33(4)25-36-15-17-45(46(26-36)62-7)66-30-43(57)38-16-18-44-39(27-38)20-22-65-44/h16,18,20,22,24-25,27,32,34-37,40-41,43,45-48,55,57,61H,10-15,17,19,21,23,26,28-30H2,1-9H3. The van der Waals surface area contributed by atoms with Gasteiger partial charge in [0.25, 0.3) is 11.7 Å². The van der Waals surface area contributed by atoms with Crippen molar-refractivity contribution >= 4 is 34.4 Å². The molecule has 3 fully saturated rings. The van der Waals surface area contributed by atoms with Crippen LogP contribution in [0.15, 0.2) is 58.2 Å². The Hall–Kier alpha value is -3.80. The highest BCUT2D eigenvalue weighted by atomic mass is 16.7. The molecule has 1 aromatic heterocycles. The van der Waals surface area contributed by atoms with E-state index < -0.39 is 77.4 Å². The summed E-state index contributed by atoms with van der Waals surface area (Å²) in [6.07, 6.45) is 6.17. The molecule has 15 nitrogen and oxygen atoms in total. The summed E-state index contributed by atoms with van der Waals surface area (Å²) in [4.78, 5) is 58.5. The highest BCUT2D eigenvalue weighted by Crippen LogP contribution is 2.42. The predicted octanol–water partition coefficient (Wildman–Crippen LogP) is 7.33. The molecule has 1 amide bonds. The smallest absolute Gasteiger partial charge is 0.329 e. The van der Waals surface area contributed by atoms with Gasteiger partial charge in [-0.15, -0.1) is 0 Å². The van der Waals surface area contributed by atoms with Gasteiger partial charge in [0.15, 0.2) is 5.79 Å². The molecule has 13 atom stereocenters. The van der Waals surface area contributed by atoms with Gasteiger partial charge in [-0.05, 0) is 119 Å². The number of amides is 1. The van der Waals surface area contributed by atoms with Crippen LogP contribution in [0.4, 0.5) is 0 Å². The van der Waals surface area contributed by atoms with E-state index in [2.05, 4.69) is 0 Å². The van der Waals surface area contributed by atoms with Crippen LogP contribution in [0.25, 0.3) is 11.0 Å². The van der Waals surface area contributed by atoms with E-state index in [9.17, 15) is 34.5 Å². The monoisotopic (exact) mass is 952 g/mol. The minimum absolute atomic E-state index is 0.0367. The SMILES string of the molecule is CCC1C=C(C)CC(C)CC(OC)(OC)C2CCC(C)C(O)(O2)C(=O)C(=O)N2CCCCC2C(=O)OC(C(C)=CC2CCC(OCC(O)c3ccc4occc4c3)C(OC)C2)C(C)C(O)CC1=O. The summed E-state index contributed by atoms with van der Waals surface area (Å²) >= 11 is 0. The van der Waals surface area contributed by atoms with Gasteiger partial charge < -0.3 is 53.1 Å². The highest BCUT2D eigenvalue weighted by molar-refractivity contribution is 6.39. The zero-order valence-electron chi connectivity index (χ0n) is 41.6. The second-order valence-electron chi connectivity index (χ2n) is 20.2. The zero-order valence-corrected chi connectivity index (χ0v) is 41.6. The number of ketones is 2. The highest BCUT2D eigenvalue weighted by Gasteiger charge is 2.57. The summed E-state index contributed by atoms with van der Waals surface area (Å²) in [5, 5.41) is 35.9. The number of ether oxygens (including phenoxy) is 6. The van der Waals surface area contributed by atoms with Crippen LogP contribution >= 0.6 is 0 Å². The lowest BCUT2D eigenvalue weighted by Crippen LogP contribution is -2.64. The first-order valence-electron chi connectivity index (χ1n) is 24.8. The number of cyclic esters (lactones) is 1. The van der Waals surface area contributed by atoms with Gasteiger partial charge in [-0.25, -0.2) is 4.79 Å². The molecule has 1 aromatic carbocycles. The molecule has 4 heterocycles. The van der Waals surface area contributed by atoms with E-state index in [1.807, 2.05) is 64.1 Å². The number of furan rings is 1. The number of allylic oxidation sites excluding steroid dienone is 3. The Morgan fingerprint density at radius 3 is 2.43 bits per heavy atom. The molecule has 2 saturated heterocycles. The molecule has 2 bridgehead atoms. The van der Waals surface area contributed by atoms with Crippen molar-refractivity contribution in [3.05, 3.63) is 59.4 Å². The Balaban J connectivity index is 1.27. The number of carbonyl (C=O) groups excluding carboxylic acids is 4. The Kier molecular flexibility index (Phi) is 18.4. The quantitative estimate of drug-likeness (QED) is 0.0926. The van der Waals surface area contributed by atoms with Gasteiger partial charge in [0, 0.05) is 63.9 Å². The Morgan fingerprint density at radius 2 is 1.72 bits per heavy atom. The normalized spacial score (nSPS) is 34.7. The molecular weight excluding hydrogens is 875 g/mol. The average Bonchev–Trinajstić information content (AvgIpc) is 3.81. The number of nitrogens with zero attached hydrogens (tertiary/aromatic N) is 1. The fourth-order valence-corrected chi connectivity index (χ4v) is 11.1. The molecule has 378 valence electrons. The lowest BCUT2D eigenvalue weighted by molar-refractivity contribution is -0.344. The van der Waals surface area contributed by atoms with Gasteiger partial charge >= 0.3 is 5.97 Å². The summed E-state index contributed by atoms with van der Waals surface area (Å²) < 4.78 is 42.3. The summed E-state index contributed by atoms with van der Waals surface area (Å²) in [6, 6.07) is 6.21. The number of carbonyl (C=O) groups is 4. The van der Waals surface area contributed by atoms with Crippen molar-refractivity contribution in [2.75, 3.05) is 34.5 Å². The van der Waals surface area contributed by atoms with Crippen molar-refractivity contribution in [1.82, 2.24) is 4.90 Å². The van der Waals surface area contributed by atoms with E-state index in [4.69, 9.17) is 32.8 Å². The lowest BCUT2D eigenvalue weighted by Gasteiger charge is -2.48.